The second-order valence-electron chi connectivity index (χ2n) is 4.52. The monoisotopic (exact) mass is 275 g/mol. The lowest BCUT2D eigenvalue weighted by atomic mass is 10.1. The Balaban J connectivity index is 1.88. The average Bonchev–Trinajstić information content (AvgIpc) is 2.93. The Morgan fingerprint density at radius 2 is 1.95 bits per heavy atom. The molecule has 20 heavy (non-hydrogen) atoms. The van der Waals surface area contributed by atoms with E-state index in [1.54, 1.807) is 6.07 Å². The van der Waals surface area contributed by atoms with Gasteiger partial charge >= 0.3 is 5.97 Å². The molecule has 1 aromatic carbocycles. The lowest BCUT2D eigenvalue weighted by Crippen LogP contribution is -2.33. The Labute approximate surface area is 116 Å². The molecule has 0 unspecified atom stereocenters. The van der Waals surface area contributed by atoms with E-state index in [2.05, 4.69) is 5.32 Å². The first-order valence-corrected chi connectivity index (χ1v) is 6.39. The molecule has 0 spiro atoms. The second-order valence-corrected chi connectivity index (χ2v) is 4.52. The Morgan fingerprint density at radius 1 is 1.20 bits per heavy atom. The number of carbonyl (C=O) groups is 1. The molecule has 3 N–H and O–H groups in total. The van der Waals surface area contributed by atoms with Crippen molar-refractivity contribution in [3.05, 3.63) is 59.5 Å². The number of benzene rings is 1. The van der Waals surface area contributed by atoms with Crippen molar-refractivity contribution in [2.75, 3.05) is 6.61 Å². The van der Waals surface area contributed by atoms with Gasteiger partial charge in [0.1, 0.15) is 5.76 Å². The highest BCUT2D eigenvalue weighted by molar-refractivity contribution is 5.84. The fourth-order valence-electron chi connectivity index (χ4n) is 1.93. The van der Waals surface area contributed by atoms with E-state index in [1.807, 2.05) is 30.3 Å². The van der Waals surface area contributed by atoms with Gasteiger partial charge in [-0.3, -0.25) is 0 Å². The van der Waals surface area contributed by atoms with Gasteiger partial charge < -0.3 is 19.9 Å². The van der Waals surface area contributed by atoms with E-state index in [1.165, 1.54) is 6.07 Å². The number of hydrogen-bond acceptors (Lipinski definition) is 4. The molecular formula is C15H17NO4. The molecular weight excluding hydrogens is 258 g/mol. The fraction of sp³-hybridized carbons (Fsp3) is 0.267. The van der Waals surface area contributed by atoms with Crippen LogP contribution in [0, 0.1) is 0 Å². The van der Waals surface area contributed by atoms with Gasteiger partial charge in [-0.25, -0.2) is 4.79 Å². The van der Waals surface area contributed by atoms with Crippen molar-refractivity contribution in [1.82, 2.24) is 5.32 Å². The molecule has 106 valence electrons. The van der Waals surface area contributed by atoms with Gasteiger partial charge in [0, 0.05) is 6.04 Å². The molecule has 0 aliphatic heterocycles. The van der Waals surface area contributed by atoms with Crippen LogP contribution < -0.4 is 5.32 Å². The van der Waals surface area contributed by atoms with E-state index >= 15 is 0 Å². The predicted octanol–water partition coefficient (Wildman–Crippen LogP) is 1.67. The Hall–Kier alpha value is -2.11. The first kappa shape index (κ1) is 14.3. The molecule has 5 nitrogen and oxygen atoms in total. The molecule has 1 atom stereocenters. The van der Waals surface area contributed by atoms with Crippen LogP contribution >= 0.6 is 0 Å². The van der Waals surface area contributed by atoms with Gasteiger partial charge in [0.2, 0.25) is 5.76 Å². The van der Waals surface area contributed by atoms with E-state index in [0.717, 1.165) is 5.56 Å². The van der Waals surface area contributed by atoms with Gasteiger partial charge in [0.05, 0.1) is 13.2 Å². The number of aromatic carboxylic acids is 1. The lowest BCUT2D eigenvalue weighted by molar-refractivity contribution is 0.0660. The standard InChI is InChI=1S/C15H17NO4/c17-10-12(8-11-4-2-1-3-5-11)16-9-13-6-7-14(20-13)15(18)19/h1-7,12,16-17H,8-10H2,(H,18,19)/t12-/m1/s1. The van der Waals surface area contributed by atoms with Crippen molar-refractivity contribution in [2.24, 2.45) is 0 Å². The van der Waals surface area contributed by atoms with Crippen molar-refractivity contribution in [3.63, 3.8) is 0 Å². The summed E-state index contributed by atoms with van der Waals surface area (Å²) in [7, 11) is 0. The maximum Gasteiger partial charge on any atom is 0.371 e. The van der Waals surface area contributed by atoms with E-state index in [0.29, 0.717) is 18.7 Å². The highest BCUT2D eigenvalue weighted by Gasteiger charge is 2.11. The van der Waals surface area contributed by atoms with Crippen molar-refractivity contribution >= 4 is 5.97 Å². The first-order chi connectivity index (χ1) is 9.69. The molecule has 0 saturated heterocycles. The number of rotatable bonds is 7. The van der Waals surface area contributed by atoms with E-state index in [4.69, 9.17) is 9.52 Å². The van der Waals surface area contributed by atoms with Gasteiger partial charge in [-0.15, -0.1) is 0 Å². The summed E-state index contributed by atoms with van der Waals surface area (Å²) in [6, 6.07) is 12.8. The molecule has 0 radical (unpaired) electrons. The van der Waals surface area contributed by atoms with E-state index in [9.17, 15) is 9.90 Å². The zero-order valence-corrected chi connectivity index (χ0v) is 11.0. The van der Waals surface area contributed by atoms with Crippen LogP contribution in [0.2, 0.25) is 0 Å². The van der Waals surface area contributed by atoms with Crippen LogP contribution in [-0.4, -0.2) is 28.8 Å². The van der Waals surface area contributed by atoms with Crippen LogP contribution in [0.25, 0.3) is 0 Å². The number of carboxylic acids is 1. The summed E-state index contributed by atoms with van der Waals surface area (Å²) in [5.41, 5.74) is 1.13. The molecule has 0 bridgehead atoms. The summed E-state index contributed by atoms with van der Waals surface area (Å²) in [5.74, 6) is -0.626. The van der Waals surface area contributed by atoms with Crippen molar-refractivity contribution < 1.29 is 19.4 Å². The highest BCUT2D eigenvalue weighted by atomic mass is 16.4. The number of furan rings is 1. The molecule has 2 aromatic rings. The zero-order valence-electron chi connectivity index (χ0n) is 11.0. The minimum Gasteiger partial charge on any atom is -0.475 e. The molecule has 0 aliphatic rings. The quantitative estimate of drug-likeness (QED) is 0.716. The maximum absolute atomic E-state index is 10.7. The van der Waals surface area contributed by atoms with Gasteiger partial charge in [-0.05, 0) is 24.1 Å². The van der Waals surface area contributed by atoms with Crippen LogP contribution in [-0.2, 0) is 13.0 Å². The third-order valence-electron chi connectivity index (χ3n) is 2.98. The number of carboxylic acid groups (broad SMARTS) is 1. The average molecular weight is 275 g/mol. The second kappa shape index (κ2) is 6.88. The van der Waals surface area contributed by atoms with Crippen molar-refractivity contribution in [2.45, 2.75) is 19.0 Å². The molecule has 0 aliphatic carbocycles. The first-order valence-electron chi connectivity index (χ1n) is 6.39. The summed E-state index contributed by atoms with van der Waals surface area (Å²) in [5, 5.41) is 21.3. The normalized spacial score (nSPS) is 12.2. The lowest BCUT2D eigenvalue weighted by Gasteiger charge is -2.15. The van der Waals surface area contributed by atoms with Crippen molar-refractivity contribution in [3.8, 4) is 0 Å². The maximum atomic E-state index is 10.7. The number of nitrogens with one attached hydrogen (secondary N) is 1. The highest BCUT2D eigenvalue weighted by Crippen LogP contribution is 2.09. The fourth-order valence-corrected chi connectivity index (χ4v) is 1.93. The summed E-state index contributed by atoms with van der Waals surface area (Å²) < 4.78 is 5.15. The topological polar surface area (TPSA) is 82.7 Å². The molecule has 5 heteroatoms. The van der Waals surface area contributed by atoms with Gasteiger partial charge in [0.25, 0.3) is 0 Å². The van der Waals surface area contributed by atoms with E-state index < -0.39 is 5.97 Å². The summed E-state index contributed by atoms with van der Waals surface area (Å²) in [6.45, 7) is 0.382. The SMILES string of the molecule is O=C(O)c1ccc(CN[C@@H](CO)Cc2ccccc2)o1. The van der Waals surface area contributed by atoms with Crippen LogP contribution in [0.1, 0.15) is 21.9 Å². The van der Waals surface area contributed by atoms with Gasteiger partial charge in [0.15, 0.2) is 0 Å². The van der Waals surface area contributed by atoms with Gasteiger partial charge in [-0.2, -0.15) is 0 Å². The third kappa shape index (κ3) is 3.94. The summed E-state index contributed by atoms with van der Waals surface area (Å²) in [6.07, 6.45) is 0.698. The molecule has 0 saturated carbocycles. The molecule has 0 fully saturated rings. The third-order valence-corrected chi connectivity index (χ3v) is 2.98. The Morgan fingerprint density at radius 3 is 2.55 bits per heavy atom. The minimum atomic E-state index is -1.08. The van der Waals surface area contributed by atoms with Crippen LogP contribution in [0.5, 0.6) is 0 Å². The Bertz CT molecular complexity index is 550. The molecule has 1 aromatic heterocycles. The predicted molar refractivity (Wildman–Crippen MR) is 73.5 cm³/mol. The molecule has 0 amide bonds. The number of hydrogen-bond donors (Lipinski definition) is 3. The smallest absolute Gasteiger partial charge is 0.371 e. The number of aliphatic hydroxyl groups is 1. The van der Waals surface area contributed by atoms with Crippen LogP contribution in [0.3, 0.4) is 0 Å². The minimum absolute atomic E-state index is 0.00138. The number of aliphatic hydroxyl groups excluding tert-OH is 1. The largest absolute Gasteiger partial charge is 0.475 e. The van der Waals surface area contributed by atoms with Crippen LogP contribution in [0.4, 0.5) is 0 Å². The molecule has 1 heterocycles. The molecule has 2 rings (SSSR count). The summed E-state index contributed by atoms with van der Waals surface area (Å²) >= 11 is 0. The summed E-state index contributed by atoms with van der Waals surface area (Å²) in [4.78, 5) is 10.7. The van der Waals surface area contributed by atoms with Gasteiger partial charge in [-0.1, -0.05) is 30.3 Å². The Kier molecular flexibility index (Phi) is 4.92. The van der Waals surface area contributed by atoms with Crippen molar-refractivity contribution in [1.29, 1.82) is 0 Å². The zero-order chi connectivity index (χ0) is 14.4. The van der Waals surface area contributed by atoms with Crippen LogP contribution in [0.15, 0.2) is 46.9 Å². The van der Waals surface area contributed by atoms with E-state index in [-0.39, 0.29) is 18.4 Å².